The number of hydrogen-bond acceptors (Lipinski definition) is 3. The maximum atomic E-state index is 11.9. The Bertz CT molecular complexity index is 242. The van der Waals surface area contributed by atoms with Crippen molar-refractivity contribution in [1.29, 1.82) is 0 Å². The Labute approximate surface area is 106 Å². The number of ether oxygens (including phenoxy) is 1. The Balaban J connectivity index is 2.23. The van der Waals surface area contributed by atoms with Gasteiger partial charge in [-0.3, -0.25) is 0 Å². The van der Waals surface area contributed by atoms with Crippen LogP contribution in [0.1, 0.15) is 32.1 Å². The predicted molar refractivity (Wildman–Crippen MR) is 62.3 cm³/mol. The van der Waals surface area contributed by atoms with E-state index in [1.807, 2.05) is 7.05 Å². The molecule has 6 heteroatoms. The first-order chi connectivity index (χ1) is 8.43. The molecule has 0 saturated heterocycles. The zero-order valence-electron chi connectivity index (χ0n) is 10.7. The molecule has 2 N–H and O–H groups in total. The molecule has 2 unspecified atom stereocenters. The third kappa shape index (κ3) is 4.40. The van der Waals surface area contributed by atoms with E-state index in [0.29, 0.717) is 13.0 Å². The van der Waals surface area contributed by atoms with Crippen LogP contribution in [0.2, 0.25) is 0 Å². The van der Waals surface area contributed by atoms with E-state index in [-0.39, 0.29) is 24.7 Å². The molecule has 0 aromatic carbocycles. The lowest BCUT2D eigenvalue weighted by Crippen LogP contribution is -2.49. The Morgan fingerprint density at radius 2 is 2.11 bits per heavy atom. The van der Waals surface area contributed by atoms with Crippen LogP contribution in [0, 0.1) is 5.92 Å². The van der Waals surface area contributed by atoms with Gasteiger partial charge in [-0.15, -0.1) is 0 Å². The van der Waals surface area contributed by atoms with Crippen LogP contribution in [-0.4, -0.2) is 43.7 Å². The summed E-state index contributed by atoms with van der Waals surface area (Å²) in [6, 6.07) is 0. The molecule has 1 rings (SSSR count). The summed E-state index contributed by atoms with van der Waals surface area (Å²) in [6.45, 7) is 0.114. The van der Waals surface area contributed by atoms with Crippen LogP contribution in [0.4, 0.5) is 13.2 Å². The Morgan fingerprint density at radius 3 is 2.67 bits per heavy atom. The second-order valence-electron chi connectivity index (χ2n) is 4.92. The monoisotopic (exact) mass is 269 g/mol. The Morgan fingerprint density at radius 1 is 1.39 bits per heavy atom. The molecule has 3 nitrogen and oxygen atoms in total. The van der Waals surface area contributed by atoms with Crippen LogP contribution in [0.15, 0.2) is 0 Å². The quantitative estimate of drug-likeness (QED) is 0.695. The van der Waals surface area contributed by atoms with E-state index in [4.69, 9.17) is 4.74 Å². The molecule has 1 saturated carbocycles. The number of rotatable bonds is 7. The molecule has 108 valence electrons. The van der Waals surface area contributed by atoms with E-state index in [1.54, 1.807) is 0 Å². The number of hydrogen-bond donors (Lipinski definition) is 2. The Kier molecular flexibility index (Phi) is 5.88. The van der Waals surface area contributed by atoms with Crippen LogP contribution in [-0.2, 0) is 4.74 Å². The van der Waals surface area contributed by atoms with Gasteiger partial charge in [0.15, 0.2) is 0 Å². The van der Waals surface area contributed by atoms with Crippen LogP contribution in [0.3, 0.4) is 0 Å². The van der Waals surface area contributed by atoms with Crippen LogP contribution >= 0.6 is 0 Å². The van der Waals surface area contributed by atoms with Crippen molar-refractivity contribution in [3.63, 3.8) is 0 Å². The third-order valence-corrected chi connectivity index (χ3v) is 3.88. The highest BCUT2D eigenvalue weighted by Gasteiger charge is 2.40. The molecule has 0 amide bonds. The summed E-state index contributed by atoms with van der Waals surface area (Å²) in [4.78, 5) is 0. The molecular weight excluding hydrogens is 247 g/mol. The molecular formula is C12H22F3NO2. The van der Waals surface area contributed by atoms with Crippen molar-refractivity contribution in [3.8, 4) is 0 Å². The number of halogens is 3. The van der Waals surface area contributed by atoms with Gasteiger partial charge in [0, 0.05) is 12.1 Å². The third-order valence-electron chi connectivity index (χ3n) is 3.88. The second kappa shape index (κ2) is 6.73. The van der Waals surface area contributed by atoms with Gasteiger partial charge in [-0.1, -0.05) is 6.42 Å². The minimum absolute atomic E-state index is 0.0662. The van der Waals surface area contributed by atoms with Crippen molar-refractivity contribution in [2.24, 2.45) is 5.92 Å². The first-order valence-electron chi connectivity index (χ1n) is 6.38. The van der Waals surface area contributed by atoms with Gasteiger partial charge < -0.3 is 15.2 Å². The largest absolute Gasteiger partial charge is 0.394 e. The van der Waals surface area contributed by atoms with Gasteiger partial charge in [-0.05, 0) is 32.2 Å². The maximum absolute atomic E-state index is 11.9. The summed E-state index contributed by atoms with van der Waals surface area (Å²) < 4.78 is 40.7. The summed E-state index contributed by atoms with van der Waals surface area (Å²) in [6.07, 6.45) is -1.41. The van der Waals surface area contributed by atoms with E-state index < -0.39 is 12.6 Å². The van der Waals surface area contributed by atoms with Crippen molar-refractivity contribution in [1.82, 2.24) is 5.32 Å². The van der Waals surface area contributed by atoms with Crippen molar-refractivity contribution in [2.45, 2.75) is 43.8 Å². The first-order valence-corrected chi connectivity index (χ1v) is 6.38. The molecule has 0 spiro atoms. The molecule has 0 heterocycles. The molecule has 0 aliphatic heterocycles. The molecule has 0 bridgehead atoms. The molecule has 2 atom stereocenters. The highest BCUT2D eigenvalue weighted by atomic mass is 19.4. The summed E-state index contributed by atoms with van der Waals surface area (Å²) >= 11 is 0. The normalized spacial score (nSPS) is 28.8. The molecule has 1 aliphatic carbocycles. The van der Waals surface area contributed by atoms with Gasteiger partial charge in [-0.2, -0.15) is 13.2 Å². The fourth-order valence-corrected chi connectivity index (χ4v) is 2.70. The molecule has 0 aromatic rings. The molecule has 18 heavy (non-hydrogen) atoms. The molecule has 1 fully saturated rings. The van der Waals surface area contributed by atoms with Gasteiger partial charge in [0.25, 0.3) is 0 Å². The summed E-state index contributed by atoms with van der Waals surface area (Å²) in [7, 11) is 1.82. The van der Waals surface area contributed by atoms with Gasteiger partial charge in [-0.25, -0.2) is 0 Å². The fourth-order valence-electron chi connectivity index (χ4n) is 2.70. The van der Waals surface area contributed by atoms with Gasteiger partial charge in [0.05, 0.1) is 19.6 Å². The van der Waals surface area contributed by atoms with E-state index in [9.17, 15) is 18.3 Å². The number of aliphatic hydroxyl groups is 1. The van der Waals surface area contributed by atoms with E-state index in [2.05, 4.69) is 5.32 Å². The van der Waals surface area contributed by atoms with Crippen molar-refractivity contribution in [2.75, 3.05) is 26.9 Å². The van der Waals surface area contributed by atoms with E-state index in [1.165, 1.54) is 0 Å². The smallest absolute Gasteiger partial charge is 0.391 e. The van der Waals surface area contributed by atoms with Crippen molar-refractivity contribution < 1.29 is 23.0 Å². The highest BCUT2D eigenvalue weighted by Crippen LogP contribution is 2.37. The van der Waals surface area contributed by atoms with Crippen LogP contribution < -0.4 is 5.32 Å². The van der Waals surface area contributed by atoms with Crippen molar-refractivity contribution in [3.05, 3.63) is 0 Å². The lowest BCUT2D eigenvalue weighted by atomic mass is 9.86. The minimum atomic E-state index is -4.15. The predicted octanol–water partition coefficient (Wildman–Crippen LogP) is 2.10. The van der Waals surface area contributed by atoms with Crippen LogP contribution in [0.25, 0.3) is 0 Å². The summed E-state index contributed by atoms with van der Waals surface area (Å²) in [5.41, 5.74) is -0.270. The summed E-state index contributed by atoms with van der Waals surface area (Å²) in [5.74, 6) is 0.276. The average molecular weight is 269 g/mol. The maximum Gasteiger partial charge on any atom is 0.391 e. The van der Waals surface area contributed by atoms with Crippen molar-refractivity contribution >= 4 is 0 Å². The molecule has 0 radical (unpaired) electrons. The topological polar surface area (TPSA) is 41.5 Å². The Hall–Kier alpha value is -0.330. The first kappa shape index (κ1) is 15.7. The minimum Gasteiger partial charge on any atom is -0.394 e. The van der Waals surface area contributed by atoms with E-state index in [0.717, 1.165) is 19.3 Å². The lowest BCUT2D eigenvalue weighted by Gasteiger charge is -2.33. The van der Waals surface area contributed by atoms with Gasteiger partial charge in [0.1, 0.15) is 0 Å². The molecule has 1 aliphatic rings. The van der Waals surface area contributed by atoms with Crippen LogP contribution in [0.5, 0.6) is 0 Å². The highest BCUT2D eigenvalue weighted by molar-refractivity contribution is 4.97. The fraction of sp³-hybridized carbons (Fsp3) is 1.00. The zero-order chi connectivity index (χ0) is 13.6. The second-order valence-corrected chi connectivity index (χ2v) is 4.92. The van der Waals surface area contributed by atoms with E-state index >= 15 is 0 Å². The number of alkyl halides is 3. The summed E-state index contributed by atoms with van der Waals surface area (Å²) in [5, 5.41) is 12.6. The number of nitrogens with one attached hydrogen (secondary N) is 1. The number of aliphatic hydroxyl groups excluding tert-OH is 1. The average Bonchev–Trinajstić information content (AvgIpc) is 2.71. The standard InChI is InChI=1S/C12H22F3NO2/c1-16-11(9-17)5-2-3-10(11)4-7-18-8-6-12(13,14)15/h10,16-17H,2-9H2,1H3. The zero-order valence-corrected chi connectivity index (χ0v) is 10.7. The van der Waals surface area contributed by atoms with Gasteiger partial charge in [0.2, 0.25) is 0 Å². The van der Waals surface area contributed by atoms with Gasteiger partial charge >= 0.3 is 6.18 Å². The lowest BCUT2D eigenvalue weighted by molar-refractivity contribution is -0.145. The SMILES string of the molecule is CNC1(CO)CCCC1CCOCCC(F)(F)F. The molecule has 0 aromatic heterocycles. The number of likely N-dealkylation sites (N-methyl/N-ethyl adjacent to an activating group) is 1.